The van der Waals surface area contributed by atoms with Gasteiger partial charge in [0.05, 0.1) is 6.61 Å². The van der Waals surface area contributed by atoms with Gasteiger partial charge < -0.3 is 4.74 Å². The van der Waals surface area contributed by atoms with Crippen molar-refractivity contribution in [3.63, 3.8) is 0 Å². The number of hydrogen-bond donors (Lipinski definition) is 0. The summed E-state index contributed by atoms with van der Waals surface area (Å²) in [6, 6.07) is 8.36. The Morgan fingerprint density at radius 2 is 1.68 bits per heavy atom. The van der Waals surface area contributed by atoms with Gasteiger partial charge in [-0.15, -0.1) is 5.10 Å². The molecular formula is C20H29N3O2. The Labute approximate surface area is 150 Å². The van der Waals surface area contributed by atoms with Crippen LogP contribution in [0.2, 0.25) is 0 Å². The second-order valence-electron chi connectivity index (χ2n) is 8.52. The molecule has 0 fully saturated rings. The highest BCUT2D eigenvalue weighted by atomic mass is 16.5. The molecule has 0 saturated heterocycles. The number of carbonyl (C=O) groups excluding carboxylic acids is 1. The monoisotopic (exact) mass is 343 g/mol. The fourth-order valence-electron chi connectivity index (χ4n) is 2.49. The third kappa shape index (κ3) is 4.91. The molecule has 0 aliphatic carbocycles. The molecular weight excluding hydrogens is 314 g/mol. The lowest BCUT2D eigenvalue weighted by Gasteiger charge is -2.19. The maximum Gasteiger partial charge on any atom is 0.336 e. The van der Waals surface area contributed by atoms with Crippen LogP contribution < -0.4 is 4.74 Å². The van der Waals surface area contributed by atoms with E-state index in [4.69, 9.17) is 4.74 Å². The van der Waals surface area contributed by atoms with Gasteiger partial charge in [-0.2, -0.15) is 9.67 Å². The van der Waals surface area contributed by atoms with Crippen LogP contribution in [0, 0.1) is 5.41 Å². The quantitative estimate of drug-likeness (QED) is 0.806. The van der Waals surface area contributed by atoms with Crippen molar-refractivity contribution < 1.29 is 9.53 Å². The first-order chi connectivity index (χ1) is 11.5. The molecule has 0 amide bonds. The van der Waals surface area contributed by atoms with E-state index >= 15 is 0 Å². The molecule has 0 radical (unpaired) electrons. The van der Waals surface area contributed by atoms with Crippen LogP contribution in [0.5, 0.6) is 6.01 Å². The molecule has 0 saturated carbocycles. The zero-order valence-corrected chi connectivity index (χ0v) is 16.4. The summed E-state index contributed by atoms with van der Waals surface area (Å²) >= 11 is 0. The van der Waals surface area contributed by atoms with Gasteiger partial charge in [-0.05, 0) is 23.3 Å². The van der Waals surface area contributed by atoms with E-state index in [1.807, 2.05) is 39.8 Å². The van der Waals surface area contributed by atoms with Crippen LogP contribution in [-0.2, 0) is 5.41 Å². The molecule has 0 N–H and O–H groups in total. The predicted molar refractivity (Wildman–Crippen MR) is 100 cm³/mol. The van der Waals surface area contributed by atoms with Crippen molar-refractivity contribution >= 4 is 5.91 Å². The largest absolute Gasteiger partial charge is 0.463 e. The summed E-state index contributed by atoms with van der Waals surface area (Å²) in [4.78, 5) is 17.1. The molecule has 0 aliphatic rings. The van der Waals surface area contributed by atoms with Gasteiger partial charge in [0.15, 0.2) is 5.82 Å². The van der Waals surface area contributed by atoms with Gasteiger partial charge in [0.1, 0.15) is 0 Å². The SMILES string of the molecule is CCOc1nc(-c2ccc(C(C)(C)C)cc2)n(C(=O)CC(C)(C)C)n1. The van der Waals surface area contributed by atoms with E-state index < -0.39 is 0 Å². The number of aromatic nitrogens is 3. The fourth-order valence-corrected chi connectivity index (χ4v) is 2.49. The topological polar surface area (TPSA) is 57.0 Å². The van der Waals surface area contributed by atoms with E-state index in [0.717, 1.165) is 5.56 Å². The second-order valence-corrected chi connectivity index (χ2v) is 8.52. The van der Waals surface area contributed by atoms with E-state index in [1.54, 1.807) is 0 Å². The Bertz CT molecular complexity index is 732. The molecule has 25 heavy (non-hydrogen) atoms. The Kier molecular flexibility index (Phi) is 5.35. The molecule has 0 bridgehead atoms. The summed E-state index contributed by atoms with van der Waals surface area (Å²) in [5.74, 6) is 0.444. The van der Waals surface area contributed by atoms with Crippen LogP contribution in [0.4, 0.5) is 0 Å². The molecule has 2 rings (SSSR count). The van der Waals surface area contributed by atoms with Crippen molar-refractivity contribution in [3.05, 3.63) is 29.8 Å². The van der Waals surface area contributed by atoms with Gasteiger partial charge in [-0.25, -0.2) is 0 Å². The molecule has 0 unspecified atom stereocenters. The Hall–Kier alpha value is -2.17. The lowest BCUT2D eigenvalue weighted by molar-refractivity contribution is 0.0840. The normalized spacial score (nSPS) is 12.3. The van der Waals surface area contributed by atoms with Crippen LogP contribution in [0.1, 0.15) is 65.2 Å². The molecule has 5 nitrogen and oxygen atoms in total. The Morgan fingerprint density at radius 3 is 2.16 bits per heavy atom. The third-order valence-corrected chi connectivity index (χ3v) is 3.79. The number of benzene rings is 1. The van der Waals surface area contributed by atoms with Crippen molar-refractivity contribution in [3.8, 4) is 17.4 Å². The second kappa shape index (κ2) is 6.98. The highest BCUT2D eigenvalue weighted by Gasteiger charge is 2.23. The van der Waals surface area contributed by atoms with Crippen molar-refractivity contribution in [2.24, 2.45) is 5.41 Å². The van der Waals surface area contributed by atoms with Gasteiger partial charge in [0.25, 0.3) is 0 Å². The highest BCUT2D eigenvalue weighted by Crippen LogP contribution is 2.27. The average molecular weight is 343 g/mol. The standard InChI is InChI=1S/C20H29N3O2/c1-8-25-18-21-17(23(22-18)16(24)13-19(2,3)4)14-9-11-15(12-10-14)20(5,6)7/h9-12H,8,13H2,1-7H3. The van der Waals surface area contributed by atoms with E-state index in [1.165, 1.54) is 10.2 Å². The molecule has 0 spiro atoms. The molecule has 0 aliphatic heterocycles. The third-order valence-electron chi connectivity index (χ3n) is 3.79. The van der Waals surface area contributed by atoms with Crippen LogP contribution in [0.25, 0.3) is 11.4 Å². The first kappa shape index (κ1) is 19.2. The van der Waals surface area contributed by atoms with Crippen molar-refractivity contribution in [2.45, 2.75) is 60.3 Å². The smallest absolute Gasteiger partial charge is 0.336 e. The van der Waals surface area contributed by atoms with Gasteiger partial charge >= 0.3 is 6.01 Å². The van der Waals surface area contributed by atoms with Crippen LogP contribution >= 0.6 is 0 Å². The molecule has 1 aromatic carbocycles. The average Bonchev–Trinajstić information content (AvgIpc) is 2.89. The van der Waals surface area contributed by atoms with Crippen LogP contribution in [0.15, 0.2) is 24.3 Å². The van der Waals surface area contributed by atoms with E-state index in [9.17, 15) is 4.79 Å². The van der Waals surface area contributed by atoms with Crippen LogP contribution in [-0.4, -0.2) is 27.3 Å². The zero-order chi connectivity index (χ0) is 18.8. The first-order valence-electron chi connectivity index (χ1n) is 8.75. The summed E-state index contributed by atoms with van der Waals surface area (Å²) in [5.41, 5.74) is 2.04. The van der Waals surface area contributed by atoms with Crippen molar-refractivity contribution in [2.75, 3.05) is 6.61 Å². The number of rotatable bonds is 4. The van der Waals surface area contributed by atoms with E-state index in [-0.39, 0.29) is 22.7 Å². The number of carbonyl (C=O) groups is 1. The lowest BCUT2D eigenvalue weighted by atomic mass is 9.86. The molecule has 0 atom stereocenters. The lowest BCUT2D eigenvalue weighted by Crippen LogP contribution is -2.21. The zero-order valence-electron chi connectivity index (χ0n) is 16.4. The van der Waals surface area contributed by atoms with Gasteiger partial charge in [0, 0.05) is 12.0 Å². The van der Waals surface area contributed by atoms with Crippen LogP contribution in [0.3, 0.4) is 0 Å². The summed E-state index contributed by atoms with van der Waals surface area (Å²) in [7, 11) is 0. The number of nitrogens with zero attached hydrogens (tertiary/aromatic N) is 3. The predicted octanol–water partition coefficient (Wildman–Crippen LogP) is 4.72. The molecule has 1 heterocycles. The fraction of sp³-hybridized carbons (Fsp3) is 0.550. The molecule has 136 valence electrons. The molecule has 5 heteroatoms. The van der Waals surface area contributed by atoms with E-state index in [0.29, 0.717) is 18.9 Å². The summed E-state index contributed by atoms with van der Waals surface area (Å²) in [6.07, 6.45) is 0.384. The van der Waals surface area contributed by atoms with Crippen molar-refractivity contribution in [1.29, 1.82) is 0 Å². The maximum absolute atomic E-state index is 12.7. The van der Waals surface area contributed by atoms with Gasteiger partial charge in [-0.1, -0.05) is 65.8 Å². The minimum Gasteiger partial charge on any atom is -0.463 e. The minimum atomic E-state index is -0.123. The first-order valence-corrected chi connectivity index (χ1v) is 8.75. The molecule has 2 aromatic rings. The number of hydrogen-bond acceptors (Lipinski definition) is 4. The summed E-state index contributed by atoms with van der Waals surface area (Å²) < 4.78 is 6.79. The minimum absolute atomic E-state index is 0.0741. The van der Waals surface area contributed by atoms with Gasteiger partial charge in [-0.3, -0.25) is 4.79 Å². The molecule has 1 aromatic heterocycles. The van der Waals surface area contributed by atoms with Gasteiger partial charge in [0.2, 0.25) is 5.91 Å². The van der Waals surface area contributed by atoms with Crippen molar-refractivity contribution in [1.82, 2.24) is 14.8 Å². The summed E-state index contributed by atoms with van der Waals surface area (Å²) in [5, 5.41) is 4.27. The maximum atomic E-state index is 12.7. The highest BCUT2D eigenvalue weighted by molar-refractivity contribution is 5.82. The summed E-state index contributed by atoms with van der Waals surface area (Å²) in [6.45, 7) is 14.9. The Morgan fingerprint density at radius 1 is 1.08 bits per heavy atom. The Balaban J connectivity index is 2.43. The number of ether oxygens (including phenoxy) is 1. The van der Waals surface area contributed by atoms with E-state index in [2.05, 4.69) is 43.0 Å².